The lowest BCUT2D eigenvalue weighted by Gasteiger charge is -2.15. The van der Waals surface area contributed by atoms with E-state index in [2.05, 4.69) is 15.6 Å². The molecule has 0 amide bonds. The van der Waals surface area contributed by atoms with Crippen molar-refractivity contribution in [3.8, 4) is 28.4 Å². The molecule has 7 nitrogen and oxygen atoms in total. The number of hydrogen-bond acceptors (Lipinski definition) is 5. The van der Waals surface area contributed by atoms with Crippen molar-refractivity contribution in [2.24, 2.45) is 4.99 Å². The average molecular weight is 419 g/mol. The molecule has 0 radical (unpaired) electrons. The average Bonchev–Trinajstić information content (AvgIpc) is 3.27. The van der Waals surface area contributed by atoms with E-state index in [1.165, 1.54) is 0 Å². The van der Waals surface area contributed by atoms with E-state index in [0.29, 0.717) is 31.3 Å². The van der Waals surface area contributed by atoms with Crippen LogP contribution in [0.5, 0.6) is 17.2 Å². The summed E-state index contributed by atoms with van der Waals surface area (Å²) in [7, 11) is 1.65. The first-order valence-corrected chi connectivity index (χ1v) is 10.0. The molecule has 0 bridgehead atoms. The van der Waals surface area contributed by atoms with Crippen LogP contribution in [0.25, 0.3) is 11.1 Å². The van der Waals surface area contributed by atoms with Gasteiger partial charge in [-0.1, -0.05) is 42.5 Å². The summed E-state index contributed by atoms with van der Waals surface area (Å²) in [6.45, 7) is 1.77. The molecule has 3 aromatic carbocycles. The zero-order chi connectivity index (χ0) is 21.5. The number of nitrogens with one attached hydrogen (secondary N) is 2. The number of anilines is 1. The molecular formula is C24H25N3O4. The fraction of sp³-hybridized carbons (Fsp3) is 0.208. The third-order valence-corrected chi connectivity index (χ3v) is 4.81. The number of ether oxygens (including phenoxy) is 3. The molecule has 4 rings (SSSR count). The van der Waals surface area contributed by atoms with Gasteiger partial charge in [0.25, 0.3) is 0 Å². The zero-order valence-corrected chi connectivity index (χ0v) is 17.3. The van der Waals surface area contributed by atoms with E-state index in [-0.39, 0.29) is 12.5 Å². The van der Waals surface area contributed by atoms with Gasteiger partial charge in [0.05, 0.1) is 18.8 Å². The van der Waals surface area contributed by atoms with Gasteiger partial charge in [-0.05, 0) is 41.0 Å². The molecule has 0 spiro atoms. The molecule has 31 heavy (non-hydrogen) atoms. The number of methoxy groups -OCH3 is 1. The highest BCUT2D eigenvalue weighted by molar-refractivity contribution is 5.95. The standard InChI is InChI=1S/C24H25N3O4/c1-29-12-11-25-24(26-15-17-7-10-22-23(13-17)31-16-30-22)27-20-14-19(8-9-21(20)28)18-5-3-2-4-6-18/h2-10,13-14,28H,11-12,15-16H2,1H3,(H2,25,26,27). The summed E-state index contributed by atoms with van der Waals surface area (Å²) in [6, 6.07) is 21.2. The van der Waals surface area contributed by atoms with Crippen molar-refractivity contribution in [1.82, 2.24) is 5.32 Å². The molecule has 1 aliphatic rings. The molecule has 7 heteroatoms. The van der Waals surface area contributed by atoms with Gasteiger partial charge < -0.3 is 30.0 Å². The summed E-state index contributed by atoms with van der Waals surface area (Å²) in [5.41, 5.74) is 3.61. The number of phenols is 1. The maximum absolute atomic E-state index is 10.4. The van der Waals surface area contributed by atoms with Gasteiger partial charge in [-0.25, -0.2) is 4.99 Å². The normalized spacial score (nSPS) is 12.6. The van der Waals surface area contributed by atoms with Crippen molar-refractivity contribution < 1.29 is 19.3 Å². The van der Waals surface area contributed by atoms with Crippen LogP contribution in [0.1, 0.15) is 5.56 Å². The predicted molar refractivity (Wildman–Crippen MR) is 121 cm³/mol. The first-order valence-electron chi connectivity index (χ1n) is 10.0. The Balaban J connectivity index is 1.54. The third-order valence-electron chi connectivity index (χ3n) is 4.81. The number of fused-ring (bicyclic) bond motifs is 1. The Labute approximate surface area is 181 Å². The molecule has 0 saturated carbocycles. The summed E-state index contributed by atoms with van der Waals surface area (Å²) in [6.07, 6.45) is 0. The second-order valence-electron chi connectivity index (χ2n) is 6.99. The Morgan fingerprint density at radius 1 is 1.00 bits per heavy atom. The predicted octanol–water partition coefficient (Wildman–Crippen LogP) is 3.99. The van der Waals surface area contributed by atoms with Crippen LogP contribution in [0.15, 0.2) is 71.7 Å². The molecule has 0 fully saturated rings. The number of aliphatic imine (C=N–C) groups is 1. The molecule has 0 aromatic heterocycles. The SMILES string of the molecule is COCCNC(=NCc1ccc2c(c1)OCO2)Nc1cc(-c2ccccc2)ccc1O. The maximum atomic E-state index is 10.4. The minimum absolute atomic E-state index is 0.143. The second-order valence-corrected chi connectivity index (χ2v) is 6.99. The molecule has 3 N–H and O–H groups in total. The summed E-state index contributed by atoms with van der Waals surface area (Å²) in [5.74, 6) is 2.15. The van der Waals surface area contributed by atoms with Gasteiger partial charge in [0.1, 0.15) is 5.75 Å². The summed E-state index contributed by atoms with van der Waals surface area (Å²) in [4.78, 5) is 4.66. The molecule has 3 aromatic rings. The Hall–Kier alpha value is -3.71. The fourth-order valence-corrected chi connectivity index (χ4v) is 3.19. The second kappa shape index (κ2) is 9.86. The van der Waals surface area contributed by atoms with Gasteiger partial charge in [0.2, 0.25) is 6.79 Å². The zero-order valence-electron chi connectivity index (χ0n) is 17.3. The van der Waals surface area contributed by atoms with E-state index >= 15 is 0 Å². The highest BCUT2D eigenvalue weighted by Crippen LogP contribution is 2.33. The Morgan fingerprint density at radius 2 is 1.84 bits per heavy atom. The number of nitrogens with zero attached hydrogens (tertiary/aromatic N) is 1. The molecule has 160 valence electrons. The highest BCUT2D eigenvalue weighted by Gasteiger charge is 2.13. The van der Waals surface area contributed by atoms with E-state index in [1.54, 1.807) is 13.2 Å². The monoisotopic (exact) mass is 419 g/mol. The number of hydrogen-bond donors (Lipinski definition) is 3. The van der Waals surface area contributed by atoms with Crippen LogP contribution in [0.3, 0.4) is 0 Å². The van der Waals surface area contributed by atoms with Crippen molar-refractivity contribution >= 4 is 11.6 Å². The molecule has 0 saturated heterocycles. The molecule has 0 unspecified atom stereocenters. The Bertz CT molecular complexity index is 1050. The van der Waals surface area contributed by atoms with Crippen LogP contribution >= 0.6 is 0 Å². The van der Waals surface area contributed by atoms with Gasteiger partial charge in [-0.3, -0.25) is 0 Å². The lowest BCUT2D eigenvalue weighted by Crippen LogP contribution is -2.33. The van der Waals surface area contributed by atoms with Gasteiger partial charge in [0.15, 0.2) is 17.5 Å². The molecule has 0 aliphatic carbocycles. The van der Waals surface area contributed by atoms with Crippen LogP contribution in [0.4, 0.5) is 5.69 Å². The van der Waals surface area contributed by atoms with Gasteiger partial charge >= 0.3 is 0 Å². The number of aromatic hydroxyl groups is 1. The number of guanidine groups is 1. The largest absolute Gasteiger partial charge is 0.506 e. The quantitative estimate of drug-likeness (QED) is 0.232. The van der Waals surface area contributed by atoms with Crippen molar-refractivity contribution in [3.63, 3.8) is 0 Å². The number of benzene rings is 3. The molecule has 1 heterocycles. The van der Waals surface area contributed by atoms with Crippen LogP contribution in [0.2, 0.25) is 0 Å². The first-order chi connectivity index (χ1) is 15.2. The lowest BCUT2D eigenvalue weighted by molar-refractivity contribution is 0.174. The van der Waals surface area contributed by atoms with E-state index in [4.69, 9.17) is 14.2 Å². The van der Waals surface area contributed by atoms with Gasteiger partial charge in [0, 0.05) is 13.7 Å². The lowest BCUT2D eigenvalue weighted by atomic mass is 10.0. The van der Waals surface area contributed by atoms with E-state index in [9.17, 15) is 5.11 Å². The minimum atomic E-state index is 0.143. The topological polar surface area (TPSA) is 84.3 Å². The van der Waals surface area contributed by atoms with Crippen molar-refractivity contribution in [3.05, 3.63) is 72.3 Å². The molecule has 1 aliphatic heterocycles. The van der Waals surface area contributed by atoms with Gasteiger partial charge in [-0.15, -0.1) is 0 Å². The smallest absolute Gasteiger partial charge is 0.231 e. The third kappa shape index (κ3) is 5.26. The van der Waals surface area contributed by atoms with Gasteiger partial charge in [-0.2, -0.15) is 0 Å². The van der Waals surface area contributed by atoms with E-state index in [1.807, 2.05) is 60.7 Å². The Kier molecular flexibility index (Phi) is 6.54. The van der Waals surface area contributed by atoms with Crippen molar-refractivity contribution in [2.45, 2.75) is 6.54 Å². The summed E-state index contributed by atoms with van der Waals surface area (Å²) in [5, 5.41) is 16.8. The fourth-order valence-electron chi connectivity index (χ4n) is 3.19. The summed E-state index contributed by atoms with van der Waals surface area (Å²) >= 11 is 0. The summed E-state index contributed by atoms with van der Waals surface area (Å²) < 4.78 is 15.9. The molecular weight excluding hydrogens is 394 g/mol. The minimum Gasteiger partial charge on any atom is -0.506 e. The van der Waals surface area contributed by atoms with Crippen molar-refractivity contribution in [1.29, 1.82) is 0 Å². The number of rotatable bonds is 7. The van der Waals surface area contributed by atoms with E-state index < -0.39 is 0 Å². The van der Waals surface area contributed by atoms with Crippen LogP contribution in [-0.4, -0.2) is 38.1 Å². The number of phenolic OH excluding ortho intramolecular Hbond substituents is 1. The molecule has 0 atom stereocenters. The van der Waals surface area contributed by atoms with E-state index in [0.717, 1.165) is 28.2 Å². The van der Waals surface area contributed by atoms with Crippen LogP contribution in [0, 0.1) is 0 Å². The van der Waals surface area contributed by atoms with Crippen LogP contribution in [-0.2, 0) is 11.3 Å². The van der Waals surface area contributed by atoms with Crippen molar-refractivity contribution in [2.75, 3.05) is 32.4 Å². The Morgan fingerprint density at radius 3 is 2.68 bits per heavy atom. The highest BCUT2D eigenvalue weighted by atomic mass is 16.7. The maximum Gasteiger partial charge on any atom is 0.231 e. The first kappa shape index (κ1) is 20.6. The van der Waals surface area contributed by atoms with Crippen LogP contribution < -0.4 is 20.1 Å².